The van der Waals surface area contributed by atoms with Crippen LogP contribution in [0.1, 0.15) is 36.6 Å². The summed E-state index contributed by atoms with van der Waals surface area (Å²) in [5.74, 6) is 0.925. The number of fused-ring (bicyclic) bond motifs is 1. The summed E-state index contributed by atoms with van der Waals surface area (Å²) >= 11 is 0. The lowest BCUT2D eigenvalue weighted by Gasteiger charge is -2.23. The molecular weight excluding hydrogens is 276 g/mol. The van der Waals surface area contributed by atoms with Crippen molar-refractivity contribution in [2.24, 2.45) is 0 Å². The topological polar surface area (TPSA) is 45.6 Å². The fraction of sp³-hybridized carbons (Fsp3) is 0.389. The second-order valence-electron chi connectivity index (χ2n) is 5.96. The summed E-state index contributed by atoms with van der Waals surface area (Å²) < 4.78 is 5.84. The normalized spacial score (nSPS) is 16.7. The number of aromatic nitrogens is 1. The zero-order valence-corrected chi connectivity index (χ0v) is 13.1. The second-order valence-corrected chi connectivity index (χ2v) is 5.96. The van der Waals surface area contributed by atoms with Gasteiger partial charge >= 0.3 is 0 Å². The van der Waals surface area contributed by atoms with Crippen LogP contribution in [0.4, 0.5) is 0 Å². The van der Waals surface area contributed by atoms with Crippen LogP contribution < -0.4 is 4.74 Å². The first-order valence-corrected chi connectivity index (χ1v) is 7.73. The highest BCUT2D eigenvalue weighted by Gasteiger charge is 2.19. The van der Waals surface area contributed by atoms with Crippen molar-refractivity contribution in [2.45, 2.75) is 32.5 Å². The van der Waals surface area contributed by atoms with Crippen molar-refractivity contribution in [1.29, 1.82) is 0 Å². The van der Waals surface area contributed by atoms with Gasteiger partial charge < -0.3 is 9.84 Å². The van der Waals surface area contributed by atoms with Crippen LogP contribution in [0.3, 0.4) is 0 Å². The van der Waals surface area contributed by atoms with Crippen molar-refractivity contribution < 1.29 is 9.84 Å². The van der Waals surface area contributed by atoms with Gasteiger partial charge in [0, 0.05) is 37.1 Å². The molecule has 1 atom stereocenters. The molecule has 4 heteroatoms. The molecule has 1 aromatic carbocycles. The fourth-order valence-electron chi connectivity index (χ4n) is 2.78. The van der Waals surface area contributed by atoms with Crippen LogP contribution in [0.15, 0.2) is 42.7 Å². The number of hydrogen-bond acceptors (Lipinski definition) is 4. The van der Waals surface area contributed by atoms with Crippen molar-refractivity contribution in [1.82, 2.24) is 9.88 Å². The van der Waals surface area contributed by atoms with Crippen LogP contribution in [-0.4, -0.2) is 34.2 Å². The Bertz CT molecular complexity index is 628. The van der Waals surface area contributed by atoms with E-state index in [9.17, 15) is 5.11 Å². The second kappa shape index (κ2) is 6.46. The zero-order valence-electron chi connectivity index (χ0n) is 13.1. The van der Waals surface area contributed by atoms with Gasteiger partial charge in [-0.15, -0.1) is 0 Å². The number of ether oxygens (including phenoxy) is 1. The minimum Gasteiger partial charge on any atom is -0.492 e. The maximum atomic E-state index is 10.6. The van der Waals surface area contributed by atoms with Crippen LogP contribution >= 0.6 is 0 Å². The minimum absolute atomic E-state index is 0.475. The molecule has 0 bridgehead atoms. The summed E-state index contributed by atoms with van der Waals surface area (Å²) in [6, 6.07) is 10.1. The predicted octanol–water partition coefficient (Wildman–Crippen LogP) is 2.77. The number of benzene rings is 1. The molecule has 0 saturated heterocycles. The lowest BCUT2D eigenvalue weighted by atomic mass is 10.00. The molecule has 22 heavy (non-hydrogen) atoms. The van der Waals surface area contributed by atoms with E-state index in [2.05, 4.69) is 29.8 Å². The lowest BCUT2D eigenvalue weighted by Crippen LogP contribution is -2.32. The van der Waals surface area contributed by atoms with Crippen LogP contribution in [0.2, 0.25) is 0 Å². The maximum absolute atomic E-state index is 10.6. The van der Waals surface area contributed by atoms with Gasteiger partial charge in [-0.2, -0.15) is 0 Å². The van der Waals surface area contributed by atoms with Crippen molar-refractivity contribution in [3.63, 3.8) is 0 Å². The van der Waals surface area contributed by atoms with E-state index in [1.165, 1.54) is 0 Å². The maximum Gasteiger partial charge on any atom is 0.123 e. The lowest BCUT2D eigenvalue weighted by molar-refractivity contribution is 0.188. The van der Waals surface area contributed by atoms with Gasteiger partial charge in [-0.05, 0) is 49.2 Å². The number of nitrogens with zero attached hydrogens (tertiary/aromatic N) is 2. The van der Waals surface area contributed by atoms with Gasteiger partial charge in [0.1, 0.15) is 18.5 Å². The molecule has 4 nitrogen and oxygen atoms in total. The largest absolute Gasteiger partial charge is 0.492 e. The molecule has 1 aliphatic rings. The van der Waals surface area contributed by atoms with E-state index < -0.39 is 6.10 Å². The molecule has 0 fully saturated rings. The smallest absolute Gasteiger partial charge is 0.123 e. The zero-order chi connectivity index (χ0) is 15.5. The first-order chi connectivity index (χ1) is 10.6. The average molecular weight is 298 g/mol. The Morgan fingerprint density at radius 3 is 2.64 bits per heavy atom. The van der Waals surface area contributed by atoms with E-state index in [4.69, 9.17) is 4.74 Å². The minimum atomic E-state index is -0.635. The molecule has 2 heterocycles. The Hall–Kier alpha value is -1.91. The molecule has 0 saturated carbocycles. The van der Waals surface area contributed by atoms with Crippen LogP contribution in [0.25, 0.3) is 0 Å². The molecule has 2 aromatic rings. The highest BCUT2D eigenvalue weighted by atomic mass is 16.5. The molecule has 0 aliphatic carbocycles. The Labute approximate surface area is 131 Å². The Balaban J connectivity index is 1.89. The molecule has 3 rings (SSSR count). The van der Waals surface area contributed by atoms with Crippen LogP contribution in [0, 0.1) is 0 Å². The van der Waals surface area contributed by atoms with E-state index >= 15 is 0 Å². The van der Waals surface area contributed by atoms with Gasteiger partial charge in [-0.3, -0.25) is 9.88 Å². The first kappa shape index (κ1) is 15.0. The summed E-state index contributed by atoms with van der Waals surface area (Å²) in [5.41, 5.74) is 2.88. The van der Waals surface area contributed by atoms with Gasteiger partial charge in [0.15, 0.2) is 0 Å². The molecular formula is C18H22N2O2. The van der Waals surface area contributed by atoms with E-state index in [1.807, 2.05) is 24.3 Å². The molecule has 0 radical (unpaired) electrons. The van der Waals surface area contributed by atoms with E-state index in [0.29, 0.717) is 12.6 Å². The third-order valence-electron chi connectivity index (χ3n) is 4.16. The standard InChI is InChI=1S/C18H22N2O2/c1-13(2)20-9-10-22-17-4-3-15(11-16(17)12-20)18(21)14-5-7-19-8-6-14/h3-8,11,13,18,21H,9-10,12H2,1-2H3. The number of aliphatic hydroxyl groups excluding tert-OH is 1. The van der Waals surface area contributed by atoms with Crippen molar-refractivity contribution >= 4 is 0 Å². The third kappa shape index (κ3) is 3.13. The molecule has 1 N–H and O–H groups in total. The van der Waals surface area contributed by atoms with Crippen LogP contribution in [0.5, 0.6) is 5.75 Å². The van der Waals surface area contributed by atoms with Gasteiger partial charge in [0.25, 0.3) is 0 Å². The molecule has 1 aliphatic heterocycles. The molecule has 116 valence electrons. The monoisotopic (exact) mass is 298 g/mol. The Kier molecular flexibility index (Phi) is 4.41. The highest BCUT2D eigenvalue weighted by Crippen LogP contribution is 2.29. The van der Waals surface area contributed by atoms with Gasteiger partial charge in [-0.25, -0.2) is 0 Å². The first-order valence-electron chi connectivity index (χ1n) is 7.73. The predicted molar refractivity (Wildman–Crippen MR) is 85.8 cm³/mol. The number of rotatable bonds is 3. The fourth-order valence-corrected chi connectivity index (χ4v) is 2.78. The molecule has 1 unspecified atom stereocenters. The number of aliphatic hydroxyl groups is 1. The summed E-state index contributed by atoms with van der Waals surface area (Å²) in [7, 11) is 0. The average Bonchev–Trinajstić information content (AvgIpc) is 2.76. The molecule has 1 aromatic heterocycles. The highest BCUT2D eigenvalue weighted by molar-refractivity contribution is 5.41. The van der Waals surface area contributed by atoms with E-state index in [-0.39, 0.29) is 0 Å². The van der Waals surface area contributed by atoms with Gasteiger partial charge in [0.2, 0.25) is 0 Å². The molecule has 0 spiro atoms. The summed E-state index contributed by atoms with van der Waals surface area (Å²) in [6.07, 6.45) is 2.76. The number of hydrogen-bond donors (Lipinski definition) is 1. The van der Waals surface area contributed by atoms with Crippen molar-refractivity contribution in [3.8, 4) is 5.75 Å². The summed E-state index contributed by atoms with van der Waals surface area (Å²) in [5, 5.41) is 10.6. The quantitative estimate of drug-likeness (QED) is 0.946. The summed E-state index contributed by atoms with van der Waals surface area (Å²) in [4.78, 5) is 6.38. The molecule has 0 amide bonds. The Morgan fingerprint density at radius 1 is 1.14 bits per heavy atom. The van der Waals surface area contributed by atoms with E-state index in [0.717, 1.165) is 35.5 Å². The van der Waals surface area contributed by atoms with E-state index in [1.54, 1.807) is 12.4 Å². The summed E-state index contributed by atoms with van der Waals surface area (Å²) in [6.45, 7) is 6.87. The third-order valence-corrected chi connectivity index (χ3v) is 4.16. The van der Waals surface area contributed by atoms with Crippen molar-refractivity contribution in [3.05, 3.63) is 59.4 Å². The van der Waals surface area contributed by atoms with Gasteiger partial charge in [0.05, 0.1) is 0 Å². The van der Waals surface area contributed by atoms with Crippen LogP contribution in [-0.2, 0) is 6.54 Å². The Morgan fingerprint density at radius 2 is 1.91 bits per heavy atom. The van der Waals surface area contributed by atoms with Crippen molar-refractivity contribution in [2.75, 3.05) is 13.2 Å². The number of pyridine rings is 1. The van der Waals surface area contributed by atoms with Gasteiger partial charge in [-0.1, -0.05) is 6.07 Å². The SMILES string of the molecule is CC(C)N1CCOc2ccc(C(O)c3ccncc3)cc2C1.